The third kappa shape index (κ3) is 8.24. The highest BCUT2D eigenvalue weighted by Crippen LogP contribution is 2.32. The predicted octanol–water partition coefficient (Wildman–Crippen LogP) is 5.28. The van der Waals surface area contributed by atoms with Gasteiger partial charge in [0, 0.05) is 0 Å². The van der Waals surface area contributed by atoms with Gasteiger partial charge in [-0.25, -0.2) is 0 Å². The van der Waals surface area contributed by atoms with E-state index in [1.54, 1.807) is 0 Å². The monoisotopic (exact) mass is 354 g/mol. The highest BCUT2D eigenvalue weighted by molar-refractivity contribution is 5.82. The molecule has 1 aliphatic rings. The molecule has 0 spiro atoms. The molecule has 0 saturated heterocycles. The van der Waals surface area contributed by atoms with E-state index < -0.39 is 0 Å². The standard InChI is InChI=1S/C21H38O4/c1-5-6-7-8-9-12-15-24-20(22)18-13-10-11-14-19(18)21(23)25-17(4)16(2)3/h16-19H,5-15H2,1-4H3. The third-order valence-electron chi connectivity index (χ3n) is 5.35. The van der Waals surface area contributed by atoms with Crippen LogP contribution in [0.1, 0.15) is 91.9 Å². The highest BCUT2D eigenvalue weighted by atomic mass is 16.5. The number of unbranched alkanes of at least 4 members (excludes halogenated alkanes) is 5. The predicted molar refractivity (Wildman–Crippen MR) is 100 cm³/mol. The van der Waals surface area contributed by atoms with E-state index in [2.05, 4.69) is 6.92 Å². The van der Waals surface area contributed by atoms with Crippen molar-refractivity contribution in [2.75, 3.05) is 6.61 Å². The van der Waals surface area contributed by atoms with Gasteiger partial charge >= 0.3 is 11.9 Å². The van der Waals surface area contributed by atoms with E-state index >= 15 is 0 Å². The second-order valence-electron chi connectivity index (χ2n) is 7.82. The van der Waals surface area contributed by atoms with Gasteiger partial charge in [0.1, 0.15) is 6.10 Å². The lowest BCUT2D eigenvalue weighted by Crippen LogP contribution is -2.37. The van der Waals surface area contributed by atoms with Crippen LogP contribution in [0.5, 0.6) is 0 Å². The lowest BCUT2D eigenvalue weighted by Gasteiger charge is -2.30. The molecule has 3 unspecified atom stereocenters. The summed E-state index contributed by atoms with van der Waals surface area (Å²) in [5, 5.41) is 0. The summed E-state index contributed by atoms with van der Waals surface area (Å²) in [6.45, 7) is 8.66. The Labute approximate surface area is 154 Å². The summed E-state index contributed by atoms with van der Waals surface area (Å²) in [4.78, 5) is 24.9. The third-order valence-corrected chi connectivity index (χ3v) is 5.35. The van der Waals surface area contributed by atoms with Crippen molar-refractivity contribution < 1.29 is 19.1 Å². The smallest absolute Gasteiger partial charge is 0.310 e. The number of carbonyl (C=O) groups is 2. The van der Waals surface area contributed by atoms with Crippen LogP contribution in [-0.2, 0) is 19.1 Å². The van der Waals surface area contributed by atoms with Gasteiger partial charge in [-0.2, -0.15) is 0 Å². The molecule has 0 aromatic rings. The van der Waals surface area contributed by atoms with Gasteiger partial charge in [0.2, 0.25) is 0 Å². The maximum Gasteiger partial charge on any atom is 0.310 e. The quantitative estimate of drug-likeness (QED) is 0.374. The summed E-state index contributed by atoms with van der Waals surface area (Å²) < 4.78 is 11.0. The molecule has 146 valence electrons. The van der Waals surface area contributed by atoms with Gasteiger partial charge in [0.25, 0.3) is 0 Å². The van der Waals surface area contributed by atoms with Crippen LogP contribution in [-0.4, -0.2) is 24.6 Å². The second-order valence-corrected chi connectivity index (χ2v) is 7.82. The van der Waals surface area contributed by atoms with Gasteiger partial charge < -0.3 is 9.47 Å². The molecule has 0 heterocycles. The first-order valence-electron chi connectivity index (χ1n) is 10.3. The molecular formula is C21H38O4. The van der Waals surface area contributed by atoms with Crippen molar-refractivity contribution in [3.63, 3.8) is 0 Å². The molecule has 0 N–H and O–H groups in total. The molecule has 0 aliphatic heterocycles. The van der Waals surface area contributed by atoms with Crippen LogP contribution >= 0.6 is 0 Å². The van der Waals surface area contributed by atoms with Crippen LogP contribution in [0.25, 0.3) is 0 Å². The zero-order valence-electron chi connectivity index (χ0n) is 16.7. The molecule has 1 saturated carbocycles. The molecule has 1 rings (SSSR count). The van der Waals surface area contributed by atoms with Crippen molar-refractivity contribution in [1.29, 1.82) is 0 Å². The van der Waals surface area contributed by atoms with Crippen LogP contribution in [0, 0.1) is 17.8 Å². The normalized spacial score (nSPS) is 21.8. The Morgan fingerprint density at radius 3 is 2.04 bits per heavy atom. The molecular weight excluding hydrogens is 316 g/mol. The van der Waals surface area contributed by atoms with Crippen molar-refractivity contribution in [2.45, 2.75) is 98.0 Å². The van der Waals surface area contributed by atoms with Crippen molar-refractivity contribution in [1.82, 2.24) is 0 Å². The van der Waals surface area contributed by atoms with Crippen LogP contribution in [0.15, 0.2) is 0 Å². The Balaban J connectivity index is 2.39. The zero-order valence-corrected chi connectivity index (χ0v) is 16.7. The van der Waals surface area contributed by atoms with Crippen molar-refractivity contribution in [3.8, 4) is 0 Å². The second kappa shape index (κ2) is 12.3. The van der Waals surface area contributed by atoms with Crippen molar-refractivity contribution in [3.05, 3.63) is 0 Å². The summed E-state index contributed by atoms with van der Waals surface area (Å²) in [7, 11) is 0. The summed E-state index contributed by atoms with van der Waals surface area (Å²) >= 11 is 0. The Morgan fingerprint density at radius 2 is 1.44 bits per heavy atom. The topological polar surface area (TPSA) is 52.6 Å². The van der Waals surface area contributed by atoms with Crippen molar-refractivity contribution >= 4 is 11.9 Å². The van der Waals surface area contributed by atoms with E-state index in [-0.39, 0.29) is 35.8 Å². The van der Waals surface area contributed by atoms with E-state index in [1.807, 2.05) is 20.8 Å². The van der Waals surface area contributed by atoms with E-state index in [0.717, 1.165) is 38.5 Å². The Kier molecular flexibility index (Phi) is 10.8. The Hall–Kier alpha value is -1.06. The van der Waals surface area contributed by atoms with Gasteiger partial charge in [0.05, 0.1) is 18.4 Å². The Morgan fingerprint density at radius 1 is 0.880 bits per heavy atom. The minimum atomic E-state index is -0.327. The van der Waals surface area contributed by atoms with Crippen LogP contribution in [0.4, 0.5) is 0 Å². The van der Waals surface area contributed by atoms with E-state index in [0.29, 0.717) is 6.61 Å². The molecule has 4 heteroatoms. The van der Waals surface area contributed by atoms with Crippen molar-refractivity contribution in [2.24, 2.45) is 17.8 Å². The van der Waals surface area contributed by atoms with E-state index in [4.69, 9.17) is 9.47 Å². The molecule has 4 nitrogen and oxygen atoms in total. The molecule has 1 fully saturated rings. The molecule has 0 amide bonds. The number of ether oxygens (including phenoxy) is 2. The van der Waals surface area contributed by atoms with Gasteiger partial charge in [-0.1, -0.05) is 65.7 Å². The zero-order chi connectivity index (χ0) is 18.7. The fraction of sp³-hybridized carbons (Fsp3) is 0.905. The largest absolute Gasteiger partial charge is 0.465 e. The average molecular weight is 355 g/mol. The van der Waals surface area contributed by atoms with Crippen LogP contribution < -0.4 is 0 Å². The maximum atomic E-state index is 12.5. The number of esters is 2. The molecule has 1 aliphatic carbocycles. The fourth-order valence-electron chi connectivity index (χ4n) is 3.26. The molecule has 0 aromatic heterocycles. The summed E-state index contributed by atoms with van der Waals surface area (Å²) in [5.41, 5.74) is 0. The van der Waals surface area contributed by atoms with Crippen LogP contribution in [0.2, 0.25) is 0 Å². The fourth-order valence-corrected chi connectivity index (χ4v) is 3.26. The van der Waals surface area contributed by atoms with Gasteiger partial charge in [-0.05, 0) is 32.1 Å². The lowest BCUT2D eigenvalue weighted by molar-refractivity contribution is -0.167. The first-order chi connectivity index (χ1) is 12.0. The van der Waals surface area contributed by atoms with E-state index in [9.17, 15) is 9.59 Å². The number of carbonyl (C=O) groups excluding carboxylic acids is 2. The lowest BCUT2D eigenvalue weighted by atomic mass is 9.79. The minimum Gasteiger partial charge on any atom is -0.465 e. The molecule has 0 aromatic carbocycles. The SMILES string of the molecule is CCCCCCCCOC(=O)C1CCCCC1C(=O)OC(C)C(C)C. The molecule has 0 bridgehead atoms. The molecule has 0 radical (unpaired) electrons. The highest BCUT2D eigenvalue weighted by Gasteiger charge is 2.38. The summed E-state index contributed by atoms with van der Waals surface area (Å²) in [6.07, 6.45) is 10.3. The number of hydrogen-bond donors (Lipinski definition) is 0. The first-order valence-corrected chi connectivity index (χ1v) is 10.3. The molecule has 25 heavy (non-hydrogen) atoms. The Bertz CT molecular complexity index is 391. The van der Waals surface area contributed by atoms with Gasteiger partial charge in [-0.15, -0.1) is 0 Å². The average Bonchev–Trinajstić information content (AvgIpc) is 2.60. The maximum absolute atomic E-state index is 12.5. The van der Waals surface area contributed by atoms with E-state index in [1.165, 1.54) is 25.7 Å². The van der Waals surface area contributed by atoms with Gasteiger partial charge in [-0.3, -0.25) is 9.59 Å². The van der Waals surface area contributed by atoms with Crippen LogP contribution in [0.3, 0.4) is 0 Å². The number of hydrogen-bond acceptors (Lipinski definition) is 4. The minimum absolute atomic E-state index is 0.116. The summed E-state index contributed by atoms with van der Waals surface area (Å²) in [5.74, 6) is -0.784. The molecule has 3 atom stereocenters. The summed E-state index contributed by atoms with van der Waals surface area (Å²) in [6, 6.07) is 0. The first kappa shape index (κ1) is 22.0. The van der Waals surface area contributed by atoms with Gasteiger partial charge in [0.15, 0.2) is 0 Å². The number of rotatable bonds is 11.